The molecule has 0 fully saturated rings. The molecule has 0 saturated carbocycles. The Labute approximate surface area is 89.8 Å². The Balaban J connectivity index is 2.33. The van der Waals surface area contributed by atoms with Crippen molar-refractivity contribution in [2.24, 2.45) is 0 Å². The van der Waals surface area contributed by atoms with E-state index in [0.717, 1.165) is 6.42 Å². The first-order chi connectivity index (χ1) is 7.25. The van der Waals surface area contributed by atoms with Crippen LogP contribution in [0.2, 0.25) is 0 Å². The molecular formula is C14H13N. The van der Waals surface area contributed by atoms with Crippen LogP contribution in [-0.2, 0) is 6.42 Å². The second-order valence-corrected chi connectivity index (χ2v) is 4.29. The minimum Gasteiger partial charge on any atom is -0.260 e. The van der Waals surface area contributed by atoms with Crippen molar-refractivity contribution >= 4 is 0 Å². The van der Waals surface area contributed by atoms with E-state index in [4.69, 9.17) is 0 Å². The van der Waals surface area contributed by atoms with Crippen LogP contribution in [0, 0.1) is 13.8 Å². The van der Waals surface area contributed by atoms with E-state index in [1.807, 2.05) is 12.3 Å². The highest BCUT2D eigenvalue weighted by molar-refractivity contribution is 5.78. The van der Waals surface area contributed by atoms with E-state index in [1.54, 1.807) is 0 Å². The number of pyridine rings is 1. The molecule has 1 heteroatoms. The fraction of sp³-hybridized carbons (Fsp3) is 0.214. The Kier molecular flexibility index (Phi) is 1.69. The van der Waals surface area contributed by atoms with Gasteiger partial charge in [-0.15, -0.1) is 0 Å². The van der Waals surface area contributed by atoms with Crippen molar-refractivity contribution < 1.29 is 0 Å². The van der Waals surface area contributed by atoms with Gasteiger partial charge in [-0.25, -0.2) is 0 Å². The molecule has 0 spiro atoms. The van der Waals surface area contributed by atoms with Crippen molar-refractivity contribution in [3.63, 3.8) is 0 Å². The first-order valence-electron chi connectivity index (χ1n) is 5.30. The highest BCUT2D eigenvalue weighted by Crippen LogP contribution is 2.37. The van der Waals surface area contributed by atoms with Crippen LogP contribution in [0.4, 0.5) is 0 Å². The second-order valence-electron chi connectivity index (χ2n) is 4.29. The van der Waals surface area contributed by atoms with Gasteiger partial charge in [-0.3, -0.25) is 4.98 Å². The van der Waals surface area contributed by atoms with Crippen LogP contribution in [0.3, 0.4) is 0 Å². The van der Waals surface area contributed by atoms with Gasteiger partial charge in [0, 0.05) is 18.2 Å². The third-order valence-corrected chi connectivity index (χ3v) is 3.08. The normalized spacial score (nSPS) is 12.4. The van der Waals surface area contributed by atoms with Crippen LogP contribution in [0.5, 0.6) is 0 Å². The Hall–Kier alpha value is -1.63. The van der Waals surface area contributed by atoms with Crippen LogP contribution >= 0.6 is 0 Å². The van der Waals surface area contributed by atoms with E-state index in [1.165, 1.54) is 33.5 Å². The van der Waals surface area contributed by atoms with Gasteiger partial charge in [-0.1, -0.05) is 23.8 Å². The van der Waals surface area contributed by atoms with Crippen molar-refractivity contribution in [1.82, 2.24) is 4.98 Å². The van der Waals surface area contributed by atoms with Crippen molar-refractivity contribution in [2.45, 2.75) is 20.3 Å². The van der Waals surface area contributed by atoms with Gasteiger partial charge in [0.1, 0.15) is 0 Å². The quantitative estimate of drug-likeness (QED) is 0.536. The predicted molar refractivity (Wildman–Crippen MR) is 62.0 cm³/mol. The van der Waals surface area contributed by atoms with E-state index in [0.29, 0.717) is 0 Å². The monoisotopic (exact) mass is 195 g/mol. The van der Waals surface area contributed by atoms with Gasteiger partial charge in [0.15, 0.2) is 0 Å². The standard InChI is InChI=1S/C14H13N/c1-9-6-10(2)14-11(7-9)8-13-12(14)4-3-5-15-13/h3-7H,8H2,1-2H3. The summed E-state index contributed by atoms with van der Waals surface area (Å²) in [5.41, 5.74) is 8.10. The minimum atomic E-state index is 0.994. The Morgan fingerprint density at radius 2 is 2.07 bits per heavy atom. The molecule has 0 bridgehead atoms. The van der Waals surface area contributed by atoms with Crippen LogP contribution in [-0.4, -0.2) is 4.98 Å². The number of rotatable bonds is 0. The van der Waals surface area contributed by atoms with E-state index < -0.39 is 0 Å². The van der Waals surface area contributed by atoms with Gasteiger partial charge < -0.3 is 0 Å². The first kappa shape index (κ1) is 8.66. The molecule has 15 heavy (non-hydrogen) atoms. The number of nitrogens with zero attached hydrogens (tertiary/aromatic N) is 1. The lowest BCUT2D eigenvalue weighted by atomic mass is 9.99. The summed E-state index contributed by atoms with van der Waals surface area (Å²) >= 11 is 0. The van der Waals surface area contributed by atoms with Crippen molar-refractivity contribution in [3.8, 4) is 11.1 Å². The fourth-order valence-electron chi connectivity index (χ4n) is 2.57. The Morgan fingerprint density at radius 3 is 2.93 bits per heavy atom. The number of aryl methyl sites for hydroxylation is 2. The van der Waals surface area contributed by atoms with Gasteiger partial charge in [0.05, 0.1) is 5.69 Å². The molecule has 1 nitrogen and oxygen atoms in total. The molecular weight excluding hydrogens is 182 g/mol. The summed E-state index contributed by atoms with van der Waals surface area (Å²) in [6, 6.07) is 8.73. The SMILES string of the molecule is Cc1cc(C)c2c(c1)Cc1ncccc1-2. The maximum Gasteiger partial charge on any atom is 0.0526 e. The van der Waals surface area contributed by atoms with E-state index in [9.17, 15) is 0 Å². The maximum absolute atomic E-state index is 4.44. The zero-order valence-electron chi connectivity index (χ0n) is 9.04. The second kappa shape index (κ2) is 2.93. The zero-order chi connectivity index (χ0) is 10.4. The molecule has 1 aromatic carbocycles. The first-order valence-corrected chi connectivity index (χ1v) is 5.30. The van der Waals surface area contributed by atoms with Gasteiger partial charge in [-0.2, -0.15) is 0 Å². The molecule has 0 atom stereocenters. The minimum absolute atomic E-state index is 0.994. The average molecular weight is 195 g/mol. The number of aromatic nitrogens is 1. The summed E-state index contributed by atoms with van der Waals surface area (Å²) in [5, 5.41) is 0. The molecule has 1 aliphatic rings. The number of hydrogen-bond acceptors (Lipinski definition) is 1. The summed E-state index contributed by atoms with van der Waals surface area (Å²) < 4.78 is 0. The molecule has 1 heterocycles. The highest BCUT2D eigenvalue weighted by Gasteiger charge is 2.20. The molecule has 0 radical (unpaired) electrons. The fourth-order valence-corrected chi connectivity index (χ4v) is 2.57. The third kappa shape index (κ3) is 1.19. The van der Waals surface area contributed by atoms with E-state index in [2.05, 4.69) is 37.0 Å². The summed E-state index contributed by atoms with van der Waals surface area (Å²) in [7, 11) is 0. The van der Waals surface area contributed by atoms with Crippen LogP contribution in [0.25, 0.3) is 11.1 Å². The molecule has 3 rings (SSSR count). The average Bonchev–Trinajstić information content (AvgIpc) is 2.54. The van der Waals surface area contributed by atoms with Gasteiger partial charge >= 0.3 is 0 Å². The summed E-state index contributed by atoms with van der Waals surface area (Å²) in [5.74, 6) is 0. The predicted octanol–water partition coefficient (Wildman–Crippen LogP) is 3.27. The molecule has 1 aromatic heterocycles. The van der Waals surface area contributed by atoms with Crippen molar-refractivity contribution in [1.29, 1.82) is 0 Å². The third-order valence-electron chi connectivity index (χ3n) is 3.08. The number of hydrogen-bond donors (Lipinski definition) is 0. The molecule has 0 aliphatic heterocycles. The van der Waals surface area contributed by atoms with Gasteiger partial charge in [-0.05, 0) is 36.6 Å². The highest BCUT2D eigenvalue weighted by atomic mass is 14.7. The summed E-state index contributed by atoms with van der Waals surface area (Å²) in [6.07, 6.45) is 2.88. The molecule has 2 aromatic rings. The van der Waals surface area contributed by atoms with Crippen LogP contribution < -0.4 is 0 Å². The molecule has 74 valence electrons. The van der Waals surface area contributed by atoms with Crippen LogP contribution in [0.15, 0.2) is 30.5 Å². The lowest BCUT2D eigenvalue weighted by Gasteiger charge is -2.06. The molecule has 0 N–H and O–H groups in total. The van der Waals surface area contributed by atoms with E-state index >= 15 is 0 Å². The number of fused-ring (bicyclic) bond motifs is 3. The largest absolute Gasteiger partial charge is 0.260 e. The molecule has 0 unspecified atom stereocenters. The molecule has 1 aliphatic carbocycles. The van der Waals surface area contributed by atoms with Crippen molar-refractivity contribution in [2.75, 3.05) is 0 Å². The smallest absolute Gasteiger partial charge is 0.0526 e. The van der Waals surface area contributed by atoms with E-state index in [-0.39, 0.29) is 0 Å². The molecule has 0 saturated heterocycles. The summed E-state index contributed by atoms with van der Waals surface area (Å²) in [4.78, 5) is 4.44. The zero-order valence-corrected chi connectivity index (χ0v) is 9.04. The lowest BCUT2D eigenvalue weighted by molar-refractivity contribution is 1.12. The Morgan fingerprint density at radius 1 is 1.20 bits per heavy atom. The van der Waals surface area contributed by atoms with Crippen LogP contribution in [0.1, 0.15) is 22.4 Å². The number of benzene rings is 1. The topological polar surface area (TPSA) is 12.9 Å². The van der Waals surface area contributed by atoms with Gasteiger partial charge in [0.25, 0.3) is 0 Å². The molecule has 0 amide bonds. The Bertz CT molecular complexity index is 541. The maximum atomic E-state index is 4.44. The van der Waals surface area contributed by atoms with Gasteiger partial charge in [0.2, 0.25) is 0 Å². The lowest BCUT2D eigenvalue weighted by Crippen LogP contribution is -1.86. The summed E-state index contributed by atoms with van der Waals surface area (Å²) in [6.45, 7) is 4.34. The van der Waals surface area contributed by atoms with Crippen molar-refractivity contribution in [3.05, 3.63) is 52.8 Å².